The zero-order chi connectivity index (χ0) is 11.8. The molecule has 0 saturated heterocycles. The Morgan fingerprint density at radius 2 is 2.31 bits per heavy atom. The Labute approximate surface area is 96.4 Å². The smallest absolute Gasteiger partial charge is 0.225 e. The van der Waals surface area contributed by atoms with Crippen molar-refractivity contribution in [2.75, 3.05) is 18.5 Å². The molecule has 0 spiro atoms. The molecule has 0 fully saturated rings. The lowest BCUT2D eigenvalue weighted by Crippen LogP contribution is -2.28. The molecule has 1 atom stereocenters. The van der Waals surface area contributed by atoms with Gasteiger partial charge in [-0.3, -0.25) is 0 Å². The molecule has 0 bridgehead atoms. The Morgan fingerprint density at radius 1 is 1.50 bits per heavy atom. The zero-order valence-electron chi connectivity index (χ0n) is 9.94. The van der Waals surface area contributed by atoms with Gasteiger partial charge in [-0.1, -0.05) is 13.8 Å². The van der Waals surface area contributed by atoms with Crippen molar-refractivity contribution in [2.24, 2.45) is 5.73 Å². The second kappa shape index (κ2) is 7.00. The minimum atomic E-state index is 0.129. The van der Waals surface area contributed by atoms with Crippen LogP contribution in [-0.2, 0) is 0 Å². The molecule has 1 rings (SSSR count). The van der Waals surface area contributed by atoms with Crippen LogP contribution in [0.4, 0.5) is 5.95 Å². The number of nitrogens with two attached hydrogens (primary N) is 1. The van der Waals surface area contributed by atoms with Crippen molar-refractivity contribution in [3.63, 3.8) is 0 Å². The van der Waals surface area contributed by atoms with Crippen LogP contribution in [0.5, 0.6) is 5.88 Å². The predicted octanol–water partition coefficient (Wildman–Crippen LogP) is 1.41. The first-order chi connectivity index (χ1) is 7.76. The van der Waals surface area contributed by atoms with Gasteiger partial charge in [-0.25, -0.2) is 4.98 Å². The van der Waals surface area contributed by atoms with Gasteiger partial charge in [0, 0.05) is 24.8 Å². The van der Waals surface area contributed by atoms with E-state index in [2.05, 4.69) is 22.2 Å². The highest BCUT2D eigenvalue weighted by Gasteiger charge is 2.02. The first-order valence-electron chi connectivity index (χ1n) is 5.71. The van der Waals surface area contributed by atoms with E-state index in [0.717, 1.165) is 12.8 Å². The molecule has 1 aromatic heterocycles. The van der Waals surface area contributed by atoms with Crippen molar-refractivity contribution in [2.45, 2.75) is 32.7 Å². The Kier molecular flexibility index (Phi) is 5.56. The van der Waals surface area contributed by atoms with Crippen LogP contribution in [0.15, 0.2) is 12.3 Å². The molecular formula is C11H20N4O. The van der Waals surface area contributed by atoms with Gasteiger partial charge in [-0.05, 0) is 12.8 Å². The van der Waals surface area contributed by atoms with E-state index in [-0.39, 0.29) is 6.04 Å². The highest BCUT2D eigenvalue weighted by molar-refractivity contribution is 5.27. The lowest BCUT2D eigenvalue weighted by atomic mass is 10.2. The summed E-state index contributed by atoms with van der Waals surface area (Å²) in [7, 11) is 0. The number of rotatable bonds is 7. The fourth-order valence-electron chi connectivity index (χ4n) is 1.08. The molecule has 0 aliphatic heterocycles. The fourth-order valence-corrected chi connectivity index (χ4v) is 1.08. The summed E-state index contributed by atoms with van der Waals surface area (Å²) in [5.41, 5.74) is 5.79. The number of nitrogens with zero attached hydrogens (tertiary/aromatic N) is 2. The minimum absolute atomic E-state index is 0.129. The van der Waals surface area contributed by atoms with E-state index in [1.807, 2.05) is 6.92 Å². The number of hydrogen-bond acceptors (Lipinski definition) is 5. The minimum Gasteiger partial charge on any atom is -0.478 e. The molecule has 0 radical (unpaired) electrons. The molecular weight excluding hydrogens is 204 g/mol. The van der Waals surface area contributed by atoms with Crippen LogP contribution in [0, 0.1) is 0 Å². The first-order valence-corrected chi connectivity index (χ1v) is 5.71. The number of hydrogen-bond donors (Lipinski definition) is 2. The maximum absolute atomic E-state index is 5.79. The van der Waals surface area contributed by atoms with Gasteiger partial charge in [0.05, 0.1) is 6.61 Å². The summed E-state index contributed by atoms with van der Waals surface area (Å²) in [5.74, 6) is 1.17. The SMILES string of the molecule is CCCOc1ccnc(NCC(N)CC)n1. The summed E-state index contributed by atoms with van der Waals surface area (Å²) < 4.78 is 5.41. The van der Waals surface area contributed by atoms with E-state index in [1.54, 1.807) is 12.3 Å². The van der Waals surface area contributed by atoms with Crippen molar-refractivity contribution in [3.05, 3.63) is 12.3 Å². The van der Waals surface area contributed by atoms with Crippen LogP contribution in [0.1, 0.15) is 26.7 Å². The Hall–Kier alpha value is -1.36. The van der Waals surface area contributed by atoms with E-state index in [0.29, 0.717) is 25.0 Å². The normalized spacial score (nSPS) is 12.2. The van der Waals surface area contributed by atoms with Crippen molar-refractivity contribution >= 4 is 5.95 Å². The Morgan fingerprint density at radius 3 is 3.00 bits per heavy atom. The van der Waals surface area contributed by atoms with E-state index in [1.165, 1.54) is 0 Å². The fraction of sp³-hybridized carbons (Fsp3) is 0.636. The topological polar surface area (TPSA) is 73.1 Å². The average Bonchev–Trinajstić information content (AvgIpc) is 2.34. The van der Waals surface area contributed by atoms with Crippen molar-refractivity contribution in [1.82, 2.24) is 9.97 Å². The van der Waals surface area contributed by atoms with E-state index >= 15 is 0 Å². The molecule has 1 unspecified atom stereocenters. The van der Waals surface area contributed by atoms with Crippen LogP contribution in [-0.4, -0.2) is 29.2 Å². The highest BCUT2D eigenvalue weighted by atomic mass is 16.5. The van der Waals surface area contributed by atoms with Crippen molar-refractivity contribution in [3.8, 4) is 5.88 Å². The van der Waals surface area contributed by atoms with Crippen LogP contribution >= 0.6 is 0 Å². The van der Waals surface area contributed by atoms with Crippen molar-refractivity contribution in [1.29, 1.82) is 0 Å². The molecule has 1 aromatic rings. The van der Waals surface area contributed by atoms with Gasteiger partial charge >= 0.3 is 0 Å². The maximum Gasteiger partial charge on any atom is 0.225 e. The third-order valence-corrected chi connectivity index (χ3v) is 2.13. The van der Waals surface area contributed by atoms with Gasteiger partial charge in [0.2, 0.25) is 11.8 Å². The summed E-state index contributed by atoms with van der Waals surface area (Å²) in [4.78, 5) is 8.31. The van der Waals surface area contributed by atoms with Gasteiger partial charge in [-0.15, -0.1) is 0 Å². The summed E-state index contributed by atoms with van der Waals surface area (Å²) in [5, 5.41) is 3.08. The molecule has 90 valence electrons. The van der Waals surface area contributed by atoms with Crippen molar-refractivity contribution < 1.29 is 4.74 Å². The van der Waals surface area contributed by atoms with Crippen LogP contribution < -0.4 is 15.8 Å². The average molecular weight is 224 g/mol. The first kappa shape index (κ1) is 12.7. The van der Waals surface area contributed by atoms with Gasteiger partial charge in [-0.2, -0.15) is 4.98 Å². The van der Waals surface area contributed by atoms with E-state index in [9.17, 15) is 0 Å². The summed E-state index contributed by atoms with van der Waals surface area (Å²) >= 11 is 0. The van der Waals surface area contributed by atoms with Gasteiger partial charge in [0.25, 0.3) is 0 Å². The van der Waals surface area contributed by atoms with Gasteiger partial charge in [0.1, 0.15) is 0 Å². The molecule has 16 heavy (non-hydrogen) atoms. The molecule has 5 nitrogen and oxygen atoms in total. The molecule has 0 aromatic carbocycles. The third kappa shape index (κ3) is 4.44. The van der Waals surface area contributed by atoms with E-state index in [4.69, 9.17) is 10.5 Å². The third-order valence-electron chi connectivity index (χ3n) is 2.13. The zero-order valence-corrected chi connectivity index (χ0v) is 9.94. The highest BCUT2D eigenvalue weighted by Crippen LogP contribution is 2.08. The quantitative estimate of drug-likeness (QED) is 0.732. The Bertz CT molecular complexity index is 306. The van der Waals surface area contributed by atoms with Crippen LogP contribution in [0.3, 0.4) is 0 Å². The van der Waals surface area contributed by atoms with E-state index < -0.39 is 0 Å². The summed E-state index contributed by atoms with van der Waals surface area (Å²) in [6.07, 6.45) is 3.57. The lowest BCUT2D eigenvalue weighted by molar-refractivity contribution is 0.305. The predicted molar refractivity (Wildman–Crippen MR) is 64.6 cm³/mol. The molecule has 0 amide bonds. The van der Waals surface area contributed by atoms with Crippen LogP contribution in [0.2, 0.25) is 0 Å². The Balaban J connectivity index is 2.46. The standard InChI is InChI=1S/C11H20N4O/c1-3-7-16-10-5-6-13-11(15-10)14-8-9(12)4-2/h5-6,9H,3-4,7-8,12H2,1-2H3,(H,13,14,15). The lowest BCUT2D eigenvalue weighted by Gasteiger charge is -2.10. The second-order valence-electron chi connectivity index (χ2n) is 3.62. The monoisotopic (exact) mass is 224 g/mol. The number of aromatic nitrogens is 2. The molecule has 5 heteroatoms. The largest absolute Gasteiger partial charge is 0.478 e. The summed E-state index contributed by atoms with van der Waals surface area (Å²) in [6.45, 7) is 5.45. The number of nitrogens with one attached hydrogen (secondary N) is 1. The number of anilines is 1. The molecule has 0 saturated carbocycles. The number of ether oxygens (including phenoxy) is 1. The molecule has 3 N–H and O–H groups in total. The van der Waals surface area contributed by atoms with Gasteiger partial charge < -0.3 is 15.8 Å². The maximum atomic E-state index is 5.79. The summed E-state index contributed by atoms with van der Waals surface area (Å²) in [6, 6.07) is 1.88. The molecule has 0 aliphatic rings. The van der Waals surface area contributed by atoms with Gasteiger partial charge in [0.15, 0.2) is 0 Å². The second-order valence-corrected chi connectivity index (χ2v) is 3.62. The van der Waals surface area contributed by atoms with Crippen LogP contribution in [0.25, 0.3) is 0 Å². The molecule has 0 aliphatic carbocycles. The molecule has 1 heterocycles.